The monoisotopic (exact) mass is 232 g/mol. The molecule has 98 valence electrons. The predicted octanol–water partition coefficient (Wildman–Crippen LogP) is 1.01. The molecule has 0 heterocycles. The van der Waals surface area contributed by atoms with Crippen molar-refractivity contribution in [1.29, 1.82) is 0 Å². The van der Waals surface area contributed by atoms with E-state index in [1.807, 2.05) is 0 Å². The minimum atomic E-state index is 0.135. The van der Waals surface area contributed by atoms with Crippen molar-refractivity contribution in [1.82, 2.24) is 10.6 Å². The van der Waals surface area contributed by atoms with Crippen molar-refractivity contribution in [3.05, 3.63) is 0 Å². The van der Waals surface area contributed by atoms with Crippen LogP contribution in [0.25, 0.3) is 0 Å². The zero-order chi connectivity index (χ0) is 12.4. The van der Waals surface area contributed by atoms with E-state index >= 15 is 0 Å². The fourth-order valence-corrected chi connectivity index (χ4v) is 1.32. The number of methoxy groups -OCH3 is 2. The van der Waals surface area contributed by atoms with Gasteiger partial charge in [-0.25, -0.2) is 0 Å². The first-order chi connectivity index (χ1) is 7.63. The largest absolute Gasteiger partial charge is 0.382 e. The summed E-state index contributed by atoms with van der Waals surface area (Å²) >= 11 is 0. The fraction of sp³-hybridized carbons (Fsp3) is 1.00. The second-order valence-electron chi connectivity index (χ2n) is 4.34. The zero-order valence-corrected chi connectivity index (χ0v) is 11.4. The lowest BCUT2D eigenvalue weighted by atomic mass is 10.2. The number of hydrogen-bond acceptors (Lipinski definition) is 4. The van der Waals surface area contributed by atoms with Crippen molar-refractivity contribution in [2.75, 3.05) is 33.9 Å². The van der Waals surface area contributed by atoms with E-state index in [1.54, 1.807) is 14.2 Å². The van der Waals surface area contributed by atoms with Crippen LogP contribution < -0.4 is 10.6 Å². The smallest absolute Gasteiger partial charge is 0.0928 e. The molecule has 0 aromatic rings. The summed E-state index contributed by atoms with van der Waals surface area (Å²) < 4.78 is 10.3. The lowest BCUT2D eigenvalue weighted by Gasteiger charge is -2.21. The molecular weight excluding hydrogens is 204 g/mol. The van der Waals surface area contributed by atoms with E-state index < -0.39 is 0 Å². The molecule has 0 rings (SSSR count). The highest BCUT2D eigenvalue weighted by Crippen LogP contribution is 1.92. The summed E-state index contributed by atoms with van der Waals surface area (Å²) in [6.07, 6.45) is 1.30. The first-order valence-electron chi connectivity index (χ1n) is 6.12. The minimum absolute atomic E-state index is 0.135. The van der Waals surface area contributed by atoms with E-state index in [-0.39, 0.29) is 6.10 Å². The molecule has 0 aromatic heterocycles. The van der Waals surface area contributed by atoms with Gasteiger partial charge in [0.1, 0.15) is 0 Å². The van der Waals surface area contributed by atoms with Gasteiger partial charge in [0.05, 0.1) is 12.7 Å². The summed E-state index contributed by atoms with van der Waals surface area (Å²) in [7, 11) is 3.41. The molecule has 0 amide bonds. The lowest BCUT2D eigenvalue weighted by molar-refractivity contribution is 0.0276. The van der Waals surface area contributed by atoms with E-state index in [0.717, 1.165) is 19.5 Å². The van der Waals surface area contributed by atoms with Crippen LogP contribution in [-0.4, -0.2) is 52.1 Å². The van der Waals surface area contributed by atoms with Gasteiger partial charge in [0.15, 0.2) is 0 Å². The van der Waals surface area contributed by atoms with Gasteiger partial charge in [-0.2, -0.15) is 0 Å². The molecule has 0 fully saturated rings. The minimum Gasteiger partial charge on any atom is -0.382 e. The van der Waals surface area contributed by atoms with Crippen LogP contribution in [0.15, 0.2) is 0 Å². The van der Waals surface area contributed by atoms with Crippen LogP contribution >= 0.6 is 0 Å². The molecule has 2 N–H and O–H groups in total. The summed E-state index contributed by atoms with van der Waals surface area (Å²) in [5.74, 6) is 0. The maximum Gasteiger partial charge on any atom is 0.0928 e. The van der Waals surface area contributed by atoms with Gasteiger partial charge in [0.25, 0.3) is 0 Å². The molecule has 0 spiro atoms. The van der Waals surface area contributed by atoms with Gasteiger partial charge in [0, 0.05) is 39.4 Å². The van der Waals surface area contributed by atoms with Crippen molar-refractivity contribution in [2.45, 2.75) is 45.4 Å². The molecular formula is C12H28N2O2. The molecule has 0 radical (unpaired) electrons. The Morgan fingerprint density at radius 1 is 1.00 bits per heavy atom. The van der Waals surface area contributed by atoms with Crippen LogP contribution in [0.2, 0.25) is 0 Å². The van der Waals surface area contributed by atoms with Crippen molar-refractivity contribution >= 4 is 0 Å². The van der Waals surface area contributed by atoms with Gasteiger partial charge in [-0.3, -0.25) is 0 Å². The Morgan fingerprint density at radius 3 is 2.12 bits per heavy atom. The van der Waals surface area contributed by atoms with E-state index in [9.17, 15) is 0 Å². The van der Waals surface area contributed by atoms with Crippen molar-refractivity contribution in [2.24, 2.45) is 0 Å². The van der Waals surface area contributed by atoms with Gasteiger partial charge >= 0.3 is 0 Å². The van der Waals surface area contributed by atoms with Crippen LogP contribution in [0.3, 0.4) is 0 Å². The molecule has 0 bridgehead atoms. The quantitative estimate of drug-likeness (QED) is 0.590. The molecule has 3 atom stereocenters. The molecule has 0 saturated heterocycles. The first kappa shape index (κ1) is 15.8. The Bertz CT molecular complexity index is 156. The average molecular weight is 232 g/mol. The SMILES string of the molecule is CCC(C)NCC(C)NCC(COC)OC. The summed E-state index contributed by atoms with van der Waals surface area (Å²) in [5.41, 5.74) is 0. The number of nitrogens with one attached hydrogen (secondary N) is 2. The Kier molecular flexibility index (Phi) is 9.92. The second kappa shape index (κ2) is 10.0. The summed E-state index contributed by atoms with van der Waals surface area (Å²) in [4.78, 5) is 0. The predicted molar refractivity (Wildman–Crippen MR) is 67.9 cm³/mol. The molecule has 4 heteroatoms. The van der Waals surface area contributed by atoms with Gasteiger partial charge in [0.2, 0.25) is 0 Å². The standard InChI is InChI=1S/C12H28N2O2/c1-6-10(2)13-7-11(3)14-8-12(16-5)9-15-4/h10-14H,6-9H2,1-5H3. The first-order valence-corrected chi connectivity index (χ1v) is 6.12. The van der Waals surface area contributed by atoms with Crippen LogP contribution in [0.1, 0.15) is 27.2 Å². The van der Waals surface area contributed by atoms with Crippen molar-refractivity contribution in [3.8, 4) is 0 Å². The molecule has 0 aliphatic heterocycles. The Morgan fingerprint density at radius 2 is 1.62 bits per heavy atom. The lowest BCUT2D eigenvalue weighted by Crippen LogP contribution is -2.43. The number of hydrogen-bond donors (Lipinski definition) is 2. The van der Waals surface area contributed by atoms with E-state index in [0.29, 0.717) is 18.7 Å². The fourth-order valence-electron chi connectivity index (χ4n) is 1.32. The topological polar surface area (TPSA) is 42.5 Å². The molecule has 0 saturated carbocycles. The molecule has 0 aromatic carbocycles. The highest BCUT2D eigenvalue weighted by atomic mass is 16.5. The van der Waals surface area contributed by atoms with Gasteiger partial charge in [-0.05, 0) is 20.3 Å². The third kappa shape index (κ3) is 8.05. The van der Waals surface area contributed by atoms with E-state index in [1.165, 1.54) is 0 Å². The van der Waals surface area contributed by atoms with Gasteiger partial charge in [-0.1, -0.05) is 6.92 Å². The highest BCUT2D eigenvalue weighted by Gasteiger charge is 2.09. The number of ether oxygens (including phenoxy) is 2. The molecule has 0 aliphatic rings. The third-order valence-corrected chi connectivity index (χ3v) is 2.76. The van der Waals surface area contributed by atoms with Gasteiger partial charge in [-0.15, -0.1) is 0 Å². The summed E-state index contributed by atoms with van der Waals surface area (Å²) in [5, 5.41) is 6.90. The Hall–Kier alpha value is -0.160. The normalized spacial score (nSPS) is 17.1. The molecule has 0 aliphatic carbocycles. The zero-order valence-electron chi connectivity index (χ0n) is 11.4. The molecule has 3 unspecified atom stereocenters. The van der Waals surface area contributed by atoms with Crippen molar-refractivity contribution in [3.63, 3.8) is 0 Å². The highest BCUT2D eigenvalue weighted by molar-refractivity contribution is 4.70. The second-order valence-corrected chi connectivity index (χ2v) is 4.34. The van der Waals surface area contributed by atoms with Crippen LogP contribution in [0, 0.1) is 0 Å². The Labute approximate surface area is 100 Å². The van der Waals surface area contributed by atoms with Crippen molar-refractivity contribution < 1.29 is 9.47 Å². The molecule has 16 heavy (non-hydrogen) atoms. The van der Waals surface area contributed by atoms with Crippen LogP contribution in [0.5, 0.6) is 0 Å². The summed E-state index contributed by atoms with van der Waals surface area (Å²) in [6.45, 7) is 9.01. The van der Waals surface area contributed by atoms with E-state index in [2.05, 4.69) is 31.4 Å². The summed E-state index contributed by atoms with van der Waals surface area (Å²) in [6, 6.07) is 1.03. The van der Waals surface area contributed by atoms with Gasteiger partial charge < -0.3 is 20.1 Å². The van der Waals surface area contributed by atoms with Crippen LogP contribution in [0.4, 0.5) is 0 Å². The maximum absolute atomic E-state index is 5.28. The number of rotatable bonds is 10. The maximum atomic E-state index is 5.28. The van der Waals surface area contributed by atoms with E-state index in [4.69, 9.17) is 9.47 Å². The third-order valence-electron chi connectivity index (χ3n) is 2.76. The van der Waals surface area contributed by atoms with Crippen LogP contribution in [-0.2, 0) is 9.47 Å². The average Bonchev–Trinajstić information content (AvgIpc) is 2.31. The molecule has 4 nitrogen and oxygen atoms in total. The Balaban J connectivity index is 3.58.